The summed E-state index contributed by atoms with van der Waals surface area (Å²) in [6, 6.07) is 9.06. The van der Waals surface area contributed by atoms with Crippen LogP contribution in [0.1, 0.15) is 16.7 Å². The van der Waals surface area contributed by atoms with Crippen molar-refractivity contribution in [1.29, 1.82) is 0 Å². The Kier molecular flexibility index (Phi) is 3.90. The number of hydrogen-bond acceptors (Lipinski definition) is 4. The Balaban J connectivity index is 1.72. The second-order valence-corrected chi connectivity index (χ2v) is 7.89. The van der Waals surface area contributed by atoms with Gasteiger partial charge >= 0.3 is 0 Å². The van der Waals surface area contributed by atoms with Crippen molar-refractivity contribution in [3.8, 4) is 11.5 Å². The first kappa shape index (κ1) is 15.7. The zero-order valence-corrected chi connectivity index (χ0v) is 14.4. The Morgan fingerprint density at radius 2 is 1.92 bits per heavy atom. The van der Waals surface area contributed by atoms with Gasteiger partial charge in [0.1, 0.15) is 16.4 Å². The molecule has 0 aromatic heterocycles. The summed E-state index contributed by atoms with van der Waals surface area (Å²) in [6.07, 6.45) is 1.26. The van der Waals surface area contributed by atoms with E-state index in [-0.39, 0.29) is 11.4 Å². The number of benzene rings is 2. The van der Waals surface area contributed by atoms with Gasteiger partial charge in [-0.05, 0) is 17.7 Å². The zero-order chi connectivity index (χ0) is 16.7. The predicted octanol–water partition coefficient (Wildman–Crippen LogP) is 2.69. The van der Waals surface area contributed by atoms with Crippen molar-refractivity contribution in [2.24, 2.45) is 0 Å². The SMILES string of the molecule is O=S(=O)(NCc1ccccc1Cl)c1c2c(cc3c1OCC3)OCC2. The molecule has 0 saturated heterocycles. The minimum Gasteiger partial charge on any atom is -0.493 e. The third-order valence-corrected chi connectivity index (χ3v) is 6.14. The Morgan fingerprint density at radius 3 is 2.75 bits per heavy atom. The van der Waals surface area contributed by atoms with Crippen molar-refractivity contribution in [3.63, 3.8) is 0 Å². The van der Waals surface area contributed by atoms with Gasteiger partial charge < -0.3 is 9.47 Å². The van der Waals surface area contributed by atoms with Crippen LogP contribution in [0.2, 0.25) is 5.02 Å². The molecule has 7 heteroatoms. The summed E-state index contributed by atoms with van der Waals surface area (Å²) in [5.41, 5.74) is 2.31. The molecule has 1 N–H and O–H groups in total. The molecule has 2 heterocycles. The maximum absolute atomic E-state index is 12.9. The first-order chi connectivity index (χ1) is 11.6. The van der Waals surface area contributed by atoms with Crippen molar-refractivity contribution in [1.82, 2.24) is 4.72 Å². The second kappa shape index (κ2) is 5.95. The molecule has 2 aromatic rings. The number of sulfonamides is 1. The molecule has 0 atom stereocenters. The van der Waals surface area contributed by atoms with Crippen LogP contribution in [-0.4, -0.2) is 21.6 Å². The molecule has 4 rings (SSSR count). The van der Waals surface area contributed by atoms with E-state index in [0.29, 0.717) is 48.1 Å². The molecular weight excluding hydrogens is 350 g/mol. The molecule has 0 aliphatic carbocycles. The van der Waals surface area contributed by atoms with Gasteiger partial charge in [0.15, 0.2) is 0 Å². The third-order valence-electron chi connectivity index (χ3n) is 4.28. The van der Waals surface area contributed by atoms with Gasteiger partial charge in [0, 0.05) is 35.5 Å². The van der Waals surface area contributed by atoms with Crippen LogP contribution in [-0.2, 0) is 29.4 Å². The summed E-state index contributed by atoms with van der Waals surface area (Å²) < 4.78 is 39.7. The van der Waals surface area contributed by atoms with Gasteiger partial charge in [-0.15, -0.1) is 0 Å². The van der Waals surface area contributed by atoms with E-state index in [0.717, 1.165) is 11.1 Å². The Bertz CT molecular complexity index is 879. The van der Waals surface area contributed by atoms with E-state index in [9.17, 15) is 8.42 Å². The Hall–Kier alpha value is -1.76. The first-order valence-corrected chi connectivity index (χ1v) is 9.60. The topological polar surface area (TPSA) is 64.6 Å². The number of hydrogen-bond donors (Lipinski definition) is 1. The molecule has 0 spiro atoms. The highest BCUT2D eigenvalue weighted by Gasteiger charge is 2.33. The molecule has 2 aliphatic heterocycles. The Morgan fingerprint density at radius 1 is 1.12 bits per heavy atom. The van der Waals surface area contributed by atoms with Crippen molar-refractivity contribution in [2.75, 3.05) is 13.2 Å². The highest BCUT2D eigenvalue weighted by molar-refractivity contribution is 7.89. The van der Waals surface area contributed by atoms with Gasteiger partial charge in [-0.3, -0.25) is 0 Å². The molecule has 0 unspecified atom stereocenters. The lowest BCUT2D eigenvalue weighted by Gasteiger charge is -2.14. The fourth-order valence-electron chi connectivity index (χ4n) is 3.11. The Labute approximate surface area is 145 Å². The van der Waals surface area contributed by atoms with Crippen molar-refractivity contribution in [2.45, 2.75) is 24.3 Å². The normalized spacial score (nSPS) is 15.5. The van der Waals surface area contributed by atoms with Crippen molar-refractivity contribution < 1.29 is 17.9 Å². The van der Waals surface area contributed by atoms with Crippen LogP contribution in [0.15, 0.2) is 35.2 Å². The summed E-state index contributed by atoms with van der Waals surface area (Å²) >= 11 is 6.11. The van der Waals surface area contributed by atoms with Gasteiger partial charge in [0.25, 0.3) is 0 Å². The highest BCUT2D eigenvalue weighted by Crippen LogP contribution is 2.43. The van der Waals surface area contributed by atoms with Crippen LogP contribution >= 0.6 is 11.6 Å². The number of halogens is 1. The van der Waals surface area contributed by atoms with Crippen molar-refractivity contribution in [3.05, 3.63) is 52.0 Å². The first-order valence-electron chi connectivity index (χ1n) is 7.74. The van der Waals surface area contributed by atoms with Crippen LogP contribution in [0.5, 0.6) is 11.5 Å². The van der Waals surface area contributed by atoms with Crippen LogP contribution in [0, 0.1) is 0 Å². The van der Waals surface area contributed by atoms with Gasteiger partial charge in [-0.1, -0.05) is 29.8 Å². The standard InChI is InChI=1S/C17H16ClNO4S/c18-14-4-2-1-3-12(14)10-19-24(20,21)17-13-6-8-22-15(13)9-11-5-7-23-16(11)17/h1-4,9,19H,5-8,10H2. The van der Waals surface area contributed by atoms with Crippen LogP contribution in [0.4, 0.5) is 0 Å². The smallest absolute Gasteiger partial charge is 0.244 e. The molecule has 0 radical (unpaired) electrons. The molecule has 0 amide bonds. The van der Waals surface area contributed by atoms with E-state index in [4.69, 9.17) is 21.1 Å². The quantitative estimate of drug-likeness (QED) is 0.904. The fourth-order valence-corrected chi connectivity index (χ4v) is 4.77. The van der Waals surface area contributed by atoms with E-state index in [1.165, 1.54) is 0 Å². The highest BCUT2D eigenvalue weighted by atomic mass is 35.5. The molecule has 2 aromatic carbocycles. The van der Waals surface area contributed by atoms with Gasteiger partial charge in [-0.25, -0.2) is 13.1 Å². The monoisotopic (exact) mass is 365 g/mol. The van der Waals surface area contributed by atoms with E-state index in [1.54, 1.807) is 12.1 Å². The largest absolute Gasteiger partial charge is 0.493 e. The van der Waals surface area contributed by atoms with E-state index >= 15 is 0 Å². The van der Waals surface area contributed by atoms with E-state index in [2.05, 4.69) is 4.72 Å². The lowest BCUT2D eigenvalue weighted by Crippen LogP contribution is -2.25. The summed E-state index contributed by atoms with van der Waals surface area (Å²) in [4.78, 5) is 0.219. The number of nitrogens with one attached hydrogen (secondary N) is 1. The fraction of sp³-hybridized carbons (Fsp3) is 0.294. The van der Waals surface area contributed by atoms with E-state index < -0.39 is 10.0 Å². The van der Waals surface area contributed by atoms with Crippen LogP contribution in [0.25, 0.3) is 0 Å². The van der Waals surface area contributed by atoms with Crippen molar-refractivity contribution >= 4 is 21.6 Å². The summed E-state index contributed by atoms with van der Waals surface area (Å²) in [7, 11) is -3.74. The lowest BCUT2D eigenvalue weighted by molar-refractivity contribution is 0.347. The number of ether oxygens (including phenoxy) is 2. The number of rotatable bonds is 4. The average Bonchev–Trinajstić information content (AvgIpc) is 3.19. The minimum atomic E-state index is -3.74. The average molecular weight is 366 g/mol. The molecule has 0 fully saturated rings. The minimum absolute atomic E-state index is 0.126. The molecular formula is C17H16ClNO4S. The molecule has 2 aliphatic rings. The zero-order valence-electron chi connectivity index (χ0n) is 12.8. The summed E-state index contributed by atoms with van der Waals surface area (Å²) in [5.74, 6) is 1.11. The maximum atomic E-state index is 12.9. The molecule has 126 valence electrons. The molecule has 0 bridgehead atoms. The number of fused-ring (bicyclic) bond motifs is 2. The van der Waals surface area contributed by atoms with Crippen LogP contribution < -0.4 is 14.2 Å². The summed E-state index contributed by atoms with van der Waals surface area (Å²) in [5, 5.41) is 0.531. The van der Waals surface area contributed by atoms with Gasteiger partial charge in [-0.2, -0.15) is 0 Å². The second-order valence-electron chi connectivity index (χ2n) is 5.78. The molecule has 0 saturated carbocycles. The maximum Gasteiger partial charge on any atom is 0.244 e. The third kappa shape index (κ3) is 2.64. The van der Waals surface area contributed by atoms with Crippen LogP contribution in [0.3, 0.4) is 0 Å². The summed E-state index contributed by atoms with van der Waals surface area (Å²) in [6.45, 7) is 1.11. The predicted molar refractivity (Wildman–Crippen MR) is 90.3 cm³/mol. The van der Waals surface area contributed by atoms with Gasteiger partial charge in [0.05, 0.1) is 13.2 Å². The lowest BCUT2D eigenvalue weighted by atomic mass is 10.1. The van der Waals surface area contributed by atoms with Gasteiger partial charge in [0.2, 0.25) is 10.0 Å². The van der Waals surface area contributed by atoms with E-state index in [1.807, 2.05) is 18.2 Å². The molecule has 24 heavy (non-hydrogen) atoms. The molecule has 5 nitrogen and oxygen atoms in total.